The first-order chi connectivity index (χ1) is 13.6. The molecular formula is C23H23NO4S. The van der Waals surface area contributed by atoms with Crippen LogP contribution in [0.5, 0.6) is 5.75 Å². The first-order valence-corrected chi connectivity index (χ1v) is 10.6. The van der Waals surface area contributed by atoms with Gasteiger partial charge in [0, 0.05) is 11.3 Å². The van der Waals surface area contributed by atoms with E-state index < -0.39 is 10.1 Å². The van der Waals surface area contributed by atoms with E-state index >= 15 is 0 Å². The maximum atomic E-state index is 12.6. The van der Waals surface area contributed by atoms with E-state index in [1.165, 1.54) is 24.3 Å². The summed E-state index contributed by atoms with van der Waals surface area (Å²) in [4.78, 5) is 12.6. The fourth-order valence-corrected chi connectivity index (χ4v) is 4.31. The van der Waals surface area contributed by atoms with Gasteiger partial charge in [-0.25, -0.2) is 0 Å². The van der Waals surface area contributed by atoms with Crippen molar-refractivity contribution >= 4 is 21.7 Å². The summed E-state index contributed by atoms with van der Waals surface area (Å²) in [5.41, 5.74) is 4.67. The van der Waals surface area contributed by atoms with Crippen LogP contribution >= 0.6 is 0 Å². The Balaban J connectivity index is 1.76. The van der Waals surface area contributed by atoms with Gasteiger partial charge < -0.3 is 9.50 Å². The molecule has 3 aromatic rings. The minimum atomic E-state index is -3.96. The summed E-state index contributed by atoms with van der Waals surface area (Å²) < 4.78 is 30.4. The molecule has 0 saturated heterocycles. The number of aryl methyl sites for hydroxylation is 4. The minimum Gasteiger partial charge on any atom is -0.379 e. The standard InChI is InChI=1S/C23H23NO4S/c1-15-5-6-18(4)22(14-15)29(26,27)28-21-9-7-19(8-10-21)23(25)24-20-12-16(2)11-17(3)13-20/h5-14H,1-4H3,(H,24,25). The topological polar surface area (TPSA) is 72.5 Å². The third-order valence-corrected chi connectivity index (χ3v) is 5.81. The van der Waals surface area contributed by atoms with Crippen molar-refractivity contribution in [1.82, 2.24) is 0 Å². The molecule has 0 radical (unpaired) electrons. The molecule has 0 saturated carbocycles. The Labute approximate surface area is 171 Å². The van der Waals surface area contributed by atoms with E-state index in [-0.39, 0.29) is 16.6 Å². The van der Waals surface area contributed by atoms with Crippen LogP contribution in [-0.2, 0) is 10.1 Å². The lowest BCUT2D eigenvalue weighted by Crippen LogP contribution is -2.13. The van der Waals surface area contributed by atoms with Crippen LogP contribution in [0.2, 0.25) is 0 Å². The van der Waals surface area contributed by atoms with Gasteiger partial charge in [-0.1, -0.05) is 18.2 Å². The number of hydrogen-bond acceptors (Lipinski definition) is 4. The van der Waals surface area contributed by atoms with Crippen molar-refractivity contribution in [2.75, 3.05) is 5.32 Å². The second-order valence-corrected chi connectivity index (χ2v) is 8.68. The molecule has 0 bridgehead atoms. The third kappa shape index (κ3) is 5.03. The summed E-state index contributed by atoms with van der Waals surface area (Å²) in [5, 5.41) is 2.85. The van der Waals surface area contributed by atoms with E-state index in [4.69, 9.17) is 4.18 Å². The molecule has 0 spiro atoms. The highest BCUT2D eigenvalue weighted by molar-refractivity contribution is 7.87. The molecule has 0 unspecified atom stereocenters. The van der Waals surface area contributed by atoms with Crippen molar-refractivity contribution in [3.63, 3.8) is 0 Å². The minimum absolute atomic E-state index is 0.133. The number of rotatable bonds is 5. The van der Waals surface area contributed by atoms with E-state index in [9.17, 15) is 13.2 Å². The van der Waals surface area contributed by atoms with Gasteiger partial charge in [-0.3, -0.25) is 4.79 Å². The monoisotopic (exact) mass is 409 g/mol. The normalized spacial score (nSPS) is 11.2. The van der Waals surface area contributed by atoms with Crippen LogP contribution in [-0.4, -0.2) is 14.3 Å². The van der Waals surface area contributed by atoms with Crippen LogP contribution in [0.25, 0.3) is 0 Å². The van der Waals surface area contributed by atoms with Crippen LogP contribution < -0.4 is 9.50 Å². The SMILES string of the molecule is Cc1cc(C)cc(NC(=O)c2ccc(OS(=O)(=O)c3cc(C)ccc3C)cc2)c1. The van der Waals surface area contributed by atoms with Crippen molar-refractivity contribution in [2.24, 2.45) is 0 Å². The van der Waals surface area contributed by atoms with Gasteiger partial charge in [0.1, 0.15) is 10.6 Å². The molecule has 0 aliphatic carbocycles. The zero-order valence-corrected chi connectivity index (χ0v) is 17.6. The number of benzene rings is 3. The van der Waals surface area contributed by atoms with Gasteiger partial charge in [-0.2, -0.15) is 8.42 Å². The zero-order valence-electron chi connectivity index (χ0n) is 16.8. The smallest absolute Gasteiger partial charge is 0.339 e. The third-order valence-electron chi connectivity index (χ3n) is 4.41. The van der Waals surface area contributed by atoms with Gasteiger partial charge >= 0.3 is 10.1 Å². The van der Waals surface area contributed by atoms with E-state index in [1.54, 1.807) is 19.1 Å². The number of carbonyl (C=O) groups excluding carboxylic acids is 1. The molecule has 0 fully saturated rings. The Hall–Kier alpha value is -3.12. The summed E-state index contributed by atoms with van der Waals surface area (Å²) >= 11 is 0. The number of anilines is 1. The maximum Gasteiger partial charge on any atom is 0.339 e. The van der Waals surface area contributed by atoms with Crippen LogP contribution in [0, 0.1) is 27.7 Å². The zero-order chi connectivity index (χ0) is 21.2. The van der Waals surface area contributed by atoms with Gasteiger partial charge in [0.2, 0.25) is 0 Å². The Morgan fingerprint density at radius 3 is 2.03 bits per heavy atom. The van der Waals surface area contributed by atoms with Crippen molar-refractivity contribution in [3.8, 4) is 5.75 Å². The van der Waals surface area contributed by atoms with Crippen LogP contribution in [0.1, 0.15) is 32.6 Å². The molecular weight excluding hydrogens is 386 g/mol. The van der Waals surface area contributed by atoms with E-state index in [1.807, 2.05) is 45.0 Å². The summed E-state index contributed by atoms with van der Waals surface area (Å²) in [6.45, 7) is 7.47. The predicted molar refractivity (Wildman–Crippen MR) is 114 cm³/mol. The van der Waals surface area contributed by atoms with Crippen LogP contribution in [0.15, 0.2) is 65.6 Å². The molecule has 0 aliphatic rings. The van der Waals surface area contributed by atoms with Crippen LogP contribution in [0.3, 0.4) is 0 Å². The van der Waals surface area contributed by atoms with Gasteiger partial charge in [0.25, 0.3) is 5.91 Å². The number of nitrogens with one attached hydrogen (secondary N) is 1. The molecule has 1 amide bonds. The molecule has 0 aromatic heterocycles. The van der Waals surface area contributed by atoms with Crippen LogP contribution in [0.4, 0.5) is 5.69 Å². The fourth-order valence-electron chi connectivity index (χ4n) is 3.06. The summed E-state index contributed by atoms with van der Waals surface area (Å²) in [6, 6.07) is 17.0. The first kappa shape index (κ1) is 20.6. The van der Waals surface area contributed by atoms with Crippen molar-refractivity contribution in [1.29, 1.82) is 0 Å². The lowest BCUT2D eigenvalue weighted by molar-refractivity contribution is 0.102. The number of hydrogen-bond donors (Lipinski definition) is 1. The lowest BCUT2D eigenvalue weighted by atomic mass is 10.1. The molecule has 6 heteroatoms. The van der Waals surface area contributed by atoms with E-state index in [0.717, 1.165) is 16.7 Å². The Morgan fingerprint density at radius 1 is 0.793 bits per heavy atom. The second-order valence-electron chi connectivity index (χ2n) is 7.16. The van der Waals surface area contributed by atoms with Crippen molar-refractivity contribution in [2.45, 2.75) is 32.6 Å². The quantitative estimate of drug-likeness (QED) is 0.606. The van der Waals surface area contributed by atoms with Crippen molar-refractivity contribution < 1.29 is 17.4 Å². The van der Waals surface area contributed by atoms with Gasteiger partial charge in [-0.05, 0) is 92.4 Å². The largest absolute Gasteiger partial charge is 0.379 e. The fraction of sp³-hybridized carbons (Fsp3) is 0.174. The predicted octanol–water partition coefficient (Wildman–Crippen LogP) is 4.94. The number of amides is 1. The average molecular weight is 410 g/mol. The molecule has 5 nitrogen and oxygen atoms in total. The average Bonchev–Trinajstić information content (AvgIpc) is 2.63. The Kier molecular flexibility index (Phi) is 5.75. The van der Waals surface area contributed by atoms with Crippen molar-refractivity contribution in [3.05, 3.63) is 88.5 Å². The molecule has 0 heterocycles. The van der Waals surface area contributed by atoms with Gasteiger partial charge in [0.15, 0.2) is 0 Å². The van der Waals surface area contributed by atoms with Gasteiger partial charge in [-0.15, -0.1) is 0 Å². The summed E-state index contributed by atoms with van der Waals surface area (Å²) in [6.07, 6.45) is 0. The summed E-state index contributed by atoms with van der Waals surface area (Å²) in [7, 11) is -3.96. The van der Waals surface area contributed by atoms with Gasteiger partial charge in [0.05, 0.1) is 0 Å². The molecule has 0 atom stereocenters. The number of carbonyl (C=O) groups is 1. The molecule has 29 heavy (non-hydrogen) atoms. The van der Waals surface area contributed by atoms with E-state index in [0.29, 0.717) is 16.8 Å². The molecule has 0 aliphatic heterocycles. The molecule has 3 rings (SSSR count). The van der Waals surface area contributed by atoms with E-state index in [2.05, 4.69) is 5.32 Å². The summed E-state index contributed by atoms with van der Waals surface area (Å²) in [5.74, 6) is -0.132. The highest BCUT2D eigenvalue weighted by atomic mass is 32.2. The lowest BCUT2D eigenvalue weighted by Gasteiger charge is -2.11. The maximum absolute atomic E-state index is 12.6. The second kappa shape index (κ2) is 8.09. The first-order valence-electron chi connectivity index (χ1n) is 9.15. The Morgan fingerprint density at radius 2 is 1.41 bits per heavy atom. The Bertz CT molecular complexity index is 1150. The highest BCUT2D eigenvalue weighted by Crippen LogP contribution is 2.23. The highest BCUT2D eigenvalue weighted by Gasteiger charge is 2.19. The molecule has 150 valence electrons. The molecule has 1 N–H and O–H groups in total. The molecule has 3 aromatic carbocycles.